The molecule has 0 saturated carbocycles. The molecule has 5 nitrogen and oxygen atoms in total. The number of aromatic hydroxyl groups is 2. The van der Waals surface area contributed by atoms with Crippen molar-refractivity contribution in [2.45, 2.75) is 6.18 Å². The molecule has 1 saturated heterocycles. The van der Waals surface area contributed by atoms with Gasteiger partial charge in [0.25, 0.3) is 11.1 Å². The number of hydrogen-bond donors (Lipinski definition) is 2. The van der Waals surface area contributed by atoms with Gasteiger partial charge < -0.3 is 10.2 Å². The Morgan fingerprint density at radius 2 is 1.73 bits per heavy atom. The molecule has 26 heavy (non-hydrogen) atoms. The largest absolute Gasteiger partial charge is 0.504 e. The third kappa shape index (κ3) is 3.38. The number of amides is 2. The van der Waals surface area contributed by atoms with Crippen LogP contribution in [0.2, 0.25) is 0 Å². The molecule has 0 unspecified atom stereocenters. The normalized spacial score (nSPS) is 16.6. The summed E-state index contributed by atoms with van der Waals surface area (Å²) in [6.45, 7) is 0. The number of alkyl halides is 3. The molecular weight excluding hydrogens is 371 g/mol. The second-order valence-electron chi connectivity index (χ2n) is 5.31. The van der Waals surface area contributed by atoms with Gasteiger partial charge in [-0.05, 0) is 53.7 Å². The Kier molecular flexibility index (Phi) is 4.41. The SMILES string of the molecule is O=C1S/C(=C\c2ccc(O)c(O)c2)C(=O)N1c1cccc(C(F)(F)F)c1. The summed E-state index contributed by atoms with van der Waals surface area (Å²) < 4.78 is 38.5. The van der Waals surface area contributed by atoms with Crippen LogP contribution in [-0.2, 0) is 11.0 Å². The molecule has 0 bridgehead atoms. The van der Waals surface area contributed by atoms with Crippen molar-refractivity contribution < 1.29 is 33.0 Å². The molecule has 0 atom stereocenters. The van der Waals surface area contributed by atoms with E-state index in [2.05, 4.69) is 0 Å². The maximum absolute atomic E-state index is 12.8. The minimum absolute atomic E-state index is 0.0162. The third-order valence-corrected chi connectivity index (χ3v) is 4.39. The molecule has 1 aliphatic heterocycles. The van der Waals surface area contributed by atoms with Gasteiger partial charge in [0.15, 0.2) is 11.5 Å². The first-order valence-corrected chi connectivity index (χ1v) is 7.95. The number of benzene rings is 2. The number of thioether (sulfide) groups is 1. The highest BCUT2D eigenvalue weighted by Crippen LogP contribution is 2.38. The van der Waals surface area contributed by atoms with Crippen molar-refractivity contribution >= 4 is 34.7 Å². The van der Waals surface area contributed by atoms with Crippen LogP contribution >= 0.6 is 11.8 Å². The van der Waals surface area contributed by atoms with Crippen LogP contribution in [0.5, 0.6) is 11.5 Å². The molecule has 0 spiro atoms. The van der Waals surface area contributed by atoms with Crippen LogP contribution in [0.25, 0.3) is 6.08 Å². The molecule has 0 aliphatic carbocycles. The van der Waals surface area contributed by atoms with E-state index in [1.54, 1.807) is 0 Å². The molecule has 3 rings (SSSR count). The molecule has 0 radical (unpaired) electrons. The standard InChI is InChI=1S/C17H10F3NO4S/c18-17(19,20)10-2-1-3-11(8-10)21-15(24)14(26-16(21)25)7-9-4-5-12(22)13(23)6-9/h1-8,22-23H/b14-7-. The monoisotopic (exact) mass is 381 g/mol. The summed E-state index contributed by atoms with van der Waals surface area (Å²) in [4.78, 5) is 25.2. The second-order valence-corrected chi connectivity index (χ2v) is 6.31. The number of halogens is 3. The lowest BCUT2D eigenvalue weighted by Gasteiger charge is -2.14. The molecule has 1 fully saturated rings. The highest BCUT2D eigenvalue weighted by atomic mass is 32.2. The number of carbonyl (C=O) groups excluding carboxylic acids is 2. The van der Waals surface area contributed by atoms with Gasteiger partial charge in [0.05, 0.1) is 16.2 Å². The van der Waals surface area contributed by atoms with Gasteiger partial charge in [-0.15, -0.1) is 0 Å². The first kappa shape index (κ1) is 17.9. The van der Waals surface area contributed by atoms with Crippen LogP contribution < -0.4 is 4.90 Å². The van der Waals surface area contributed by atoms with E-state index >= 15 is 0 Å². The summed E-state index contributed by atoms with van der Waals surface area (Å²) in [6, 6.07) is 7.73. The van der Waals surface area contributed by atoms with Crippen LogP contribution in [0.3, 0.4) is 0 Å². The van der Waals surface area contributed by atoms with Gasteiger partial charge in [0, 0.05) is 0 Å². The van der Waals surface area contributed by atoms with Crippen molar-refractivity contribution in [3.8, 4) is 11.5 Å². The molecule has 2 aromatic carbocycles. The van der Waals surface area contributed by atoms with E-state index in [-0.39, 0.29) is 16.3 Å². The summed E-state index contributed by atoms with van der Waals surface area (Å²) in [6.07, 6.45) is -3.30. The average molecular weight is 381 g/mol. The van der Waals surface area contributed by atoms with E-state index in [1.165, 1.54) is 30.3 Å². The highest BCUT2D eigenvalue weighted by molar-refractivity contribution is 8.19. The van der Waals surface area contributed by atoms with Gasteiger partial charge in [-0.3, -0.25) is 9.59 Å². The number of rotatable bonds is 2. The average Bonchev–Trinajstić information content (AvgIpc) is 2.84. The van der Waals surface area contributed by atoms with Crippen molar-refractivity contribution in [2.75, 3.05) is 4.90 Å². The van der Waals surface area contributed by atoms with Gasteiger partial charge in [0.2, 0.25) is 0 Å². The lowest BCUT2D eigenvalue weighted by molar-refractivity contribution is -0.137. The molecule has 2 aromatic rings. The summed E-state index contributed by atoms with van der Waals surface area (Å²) in [5.41, 5.74) is -0.810. The van der Waals surface area contributed by atoms with Crippen LogP contribution in [0.15, 0.2) is 47.4 Å². The van der Waals surface area contributed by atoms with E-state index < -0.39 is 28.6 Å². The molecule has 0 aromatic heterocycles. The van der Waals surface area contributed by atoms with Gasteiger partial charge in [0.1, 0.15) is 0 Å². The van der Waals surface area contributed by atoms with Gasteiger partial charge in [-0.25, -0.2) is 4.90 Å². The molecule has 1 heterocycles. The van der Waals surface area contributed by atoms with E-state index in [0.717, 1.165) is 18.2 Å². The van der Waals surface area contributed by atoms with E-state index in [1.807, 2.05) is 0 Å². The van der Waals surface area contributed by atoms with Crippen LogP contribution in [-0.4, -0.2) is 21.4 Å². The van der Waals surface area contributed by atoms with Crippen molar-refractivity contribution in [3.63, 3.8) is 0 Å². The predicted octanol–water partition coefficient (Wildman–Crippen LogP) is 4.36. The zero-order chi connectivity index (χ0) is 19.1. The Morgan fingerprint density at radius 1 is 1.00 bits per heavy atom. The Bertz CT molecular complexity index is 940. The quantitative estimate of drug-likeness (QED) is 0.597. The second kappa shape index (κ2) is 6.41. The highest BCUT2D eigenvalue weighted by Gasteiger charge is 2.38. The van der Waals surface area contributed by atoms with Gasteiger partial charge >= 0.3 is 6.18 Å². The minimum atomic E-state index is -4.60. The van der Waals surface area contributed by atoms with Crippen LogP contribution in [0.1, 0.15) is 11.1 Å². The summed E-state index contributed by atoms with van der Waals surface area (Å²) >= 11 is 0.568. The van der Waals surface area contributed by atoms with Crippen molar-refractivity contribution in [3.05, 3.63) is 58.5 Å². The van der Waals surface area contributed by atoms with Crippen LogP contribution in [0.4, 0.5) is 23.7 Å². The topological polar surface area (TPSA) is 77.8 Å². The molecule has 1 aliphatic rings. The molecule has 9 heteroatoms. The predicted molar refractivity (Wildman–Crippen MR) is 89.7 cm³/mol. The van der Waals surface area contributed by atoms with Gasteiger partial charge in [-0.2, -0.15) is 13.2 Å². The first-order chi connectivity index (χ1) is 12.2. The zero-order valence-electron chi connectivity index (χ0n) is 12.8. The van der Waals surface area contributed by atoms with E-state index in [9.17, 15) is 33.0 Å². The van der Waals surface area contributed by atoms with Gasteiger partial charge in [-0.1, -0.05) is 12.1 Å². The summed E-state index contributed by atoms with van der Waals surface area (Å²) in [5.74, 6) is -1.53. The van der Waals surface area contributed by atoms with Crippen LogP contribution in [0, 0.1) is 0 Å². The fraction of sp³-hybridized carbons (Fsp3) is 0.0588. The van der Waals surface area contributed by atoms with Crippen molar-refractivity contribution in [2.24, 2.45) is 0 Å². The van der Waals surface area contributed by atoms with E-state index in [0.29, 0.717) is 22.2 Å². The first-order valence-electron chi connectivity index (χ1n) is 7.14. The van der Waals surface area contributed by atoms with Crippen molar-refractivity contribution in [1.29, 1.82) is 0 Å². The molecular formula is C17H10F3NO4S. The summed E-state index contributed by atoms with van der Waals surface area (Å²) in [7, 11) is 0. The van der Waals surface area contributed by atoms with Crippen molar-refractivity contribution in [1.82, 2.24) is 0 Å². The lowest BCUT2D eigenvalue weighted by atomic mass is 10.1. The number of phenolic OH excluding ortho intramolecular Hbond substituents is 2. The number of nitrogens with zero attached hydrogens (tertiary/aromatic N) is 1. The smallest absolute Gasteiger partial charge is 0.416 e. The van der Waals surface area contributed by atoms with E-state index in [4.69, 9.17) is 0 Å². The molecule has 2 N–H and O–H groups in total. The minimum Gasteiger partial charge on any atom is -0.504 e. The Balaban J connectivity index is 1.94. The fourth-order valence-corrected chi connectivity index (χ4v) is 3.13. The fourth-order valence-electron chi connectivity index (χ4n) is 2.29. The third-order valence-electron chi connectivity index (χ3n) is 3.52. The Labute approximate surface area is 149 Å². The molecule has 2 amide bonds. The number of anilines is 1. The maximum atomic E-state index is 12.8. The number of imide groups is 1. The number of hydrogen-bond acceptors (Lipinski definition) is 5. The maximum Gasteiger partial charge on any atom is 0.416 e. The number of phenols is 2. The molecule has 134 valence electrons. The lowest BCUT2D eigenvalue weighted by Crippen LogP contribution is -2.28. The zero-order valence-corrected chi connectivity index (χ0v) is 13.6. The Hall–Kier alpha value is -2.94. The number of carbonyl (C=O) groups is 2. The summed E-state index contributed by atoms with van der Waals surface area (Å²) in [5, 5.41) is 18.0. The Morgan fingerprint density at radius 3 is 2.38 bits per heavy atom.